The van der Waals surface area contributed by atoms with Crippen molar-refractivity contribution in [3.05, 3.63) is 35.4 Å². The van der Waals surface area contributed by atoms with Gasteiger partial charge in [-0.3, -0.25) is 0 Å². The average Bonchev–Trinajstić information content (AvgIpc) is 2.31. The Labute approximate surface area is 97.8 Å². The van der Waals surface area contributed by atoms with Gasteiger partial charge < -0.3 is 10.5 Å². The normalized spacial score (nSPS) is 25.1. The highest BCUT2D eigenvalue weighted by atomic mass is 16.5. The van der Waals surface area contributed by atoms with Crippen LogP contribution < -0.4 is 5.73 Å². The first kappa shape index (κ1) is 11.6. The fraction of sp³-hybridized carbons (Fsp3) is 0.571. The summed E-state index contributed by atoms with van der Waals surface area (Å²) >= 11 is 0. The van der Waals surface area contributed by atoms with E-state index in [2.05, 4.69) is 38.1 Å². The molecule has 1 aromatic carbocycles. The summed E-state index contributed by atoms with van der Waals surface area (Å²) in [5.41, 5.74) is 8.71. The highest BCUT2D eigenvalue weighted by Crippen LogP contribution is 2.32. The molecule has 1 fully saturated rings. The van der Waals surface area contributed by atoms with E-state index in [4.69, 9.17) is 10.5 Å². The van der Waals surface area contributed by atoms with E-state index < -0.39 is 0 Å². The number of ether oxygens (including phenoxy) is 1. The first-order valence-corrected chi connectivity index (χ1v) is 6.04. The van der Waals surface area contributed by atoms with Crippen molar-refractivity contribution in [2.24, 2.45) is 11.7 Å². The zero-order valence-electron chi connectivity index (χ0n) is 10.2. The molecule has 16 heavy (non-hydrogen) atoms. The van der Waals surface area contributed by atoms with Gasteiger partial charge in [-0.15, -0.1) is 0 Å². The van der Waals surface area contributed by atoms with Gasteiger partial charge in [-0.25, -0.2) is 0 Å². The largest absolute Gasteiger partial charge is 0.381 e. The van der Waals surface area contributed by atoms with Gasteiger partial charge >= 0.3 is 0 Å². The molecule has 2 N–H and O–H groups in total. The molecule has 2 nitrogen and oxygen atoms in total. The lowest BCUT2D eigenvalue weighted by Crippen LogP contribution is -2.44. The summed E-state index contributed by atoms with van der Waals surface area (Å²) in [6.07, 6.45) is 2.30. The van der Waals surface area contributed by atoms with Gasteiger partial charge in [0.05, 0.1) is 6.61 Å². The van der Waals surface area contributed by atoms with Crippen LogP contribution in [0.3, 0.4) is 0 Å². The van der Waals surface area contributed by atoms with Crippen molar-refractivity contribution in [3.63, 3.8) is 0 Å². The first-order valence-electron chi connectivity index (χ1n) is 6.04. The number of benzene rings is 1. The number of hydrogen-bond acceptors (Lipinski definition) is 2. The Morgan fingerprint density at radius 2 is 2.00 bits per heavy atom. The number of nitrogens with two attached hydrogens (primary N) is 1. The molecule has 1 aliphatic rings. The number of aryl methyl sites for hydroxylation is 1. The molecule has 0 saturated carbocycles. The maximum absolute atomic E-state index is 6.48. The minimum absolute atomic E-state index is 0.270. The summed E-state index contributed by atoms with van der Waals surface area (Å²) < 4.78 is 5.53. The minimum atomic E-state index is -0.270. The van der Waals surface area contributed by atoms with Crippen LogP contribution in [0.5, 0.6) is 0 Å². The highest BCUT2D eigenvalue weighted by Gasteiger charge is 2.33. The molecular formula is C14H21NO. The highest BCUT2D eigenvalue weighted by molar-refractivity contribution is 5.28. The van der Waals surface area contributed by atoms with Crippen molar-refractivity contribution in [1.29, 1.82) is 0 Å². The third-order valence-electron chi connectivity index (χ3n) is 3.68. The third-order valence-corrected chi connectivity index (χ3v) is 3.68. The lowest BCUT2D eigenvalue weighted by Gasteiger charge is -2.37. The molecule has 88 valence electrons. The van der Waals surface area contributed by atoms with Gasteiger partial charge in [0, 0.05) is 18.1 Å². The van der Waals surface area contributed by atoms with Crippen LogP contribution in [0.25, 0.3) is 0 Å². The molecule has 0 spiro atoms. The van der Waals surface area contributed by atoms with Gasteiger partial charge in [-0.1, -0.05) is 29.8 Å². The fourth-order valence-electron chi connectivity index (χ4n) is 2.36. The average molecular weight is 219 g/mol. The molecular weight excluding hydrogens is 198 g/mol. The molecule has 2 atom stereocenters. The predicted molar refractivity (Wildman–Crippen MR) is 66.3 cm³/mol. The maximum Gasteiger partial charge on any atom is 0.0515 e. The van der Waals surface area contributed by atoms with Crippen LogP contribution in [-0.4, -0.2) is 13.2 Å². The van der Waals surface area contributed by atoms with E-state index in [1.807, 2.05) is 0 Å². The molecule has 1 saturated heterocycles. The summed E-state index contributed by atoms with van der Waals surface area (Å²) in [6.45, 7) is 5.90. The maximum atomic E-state index is 6.48. The SMILES string of the molecule is Cc1ccc(C(C)(N)C2CCCOC2)cc1. The topological polar surface area (TPSA) is 35.2 Å². The van der Waals surface area contributed by atoms with Gasteiger partial charge in [0.2, 0.25) is 0 Å². The Hall–Kier alpha value is -0.860. The molecule has 1 heterocycles. The summed E-state index contributed by atoms with van der Waals surface area (Å²) in [5.74, 6) is 0.434. The number of hydrogen-bond donors (Lipinski definition) is 1. The van der Waals surface area contributed by atoms with Crippen molar-refractivity contribution in [2.45, 2.75) is 32.2 Å². The van der Waals surface area contributed by atoms with Crippen molar-refractivity contribution in [2.75, 3.05) is 13.2 Å². The molecule has 2 heteroatoms. The molecule has 0 radical (unpaired) electrons. The van der Waals surface area contributed by atoms with Crippen LogP contribution in [0.1, 0.15) is 30.9 Å². The van der Waals surface area contributed by atoms with Crippen LogP contribution in [0.4, 0.5) is 0 Å². The summed E-state index contributed by atoms with van der Waals surface area (Å²) in [7, 11) is 0. The van der Waals surface area contributed by atoms with E-state index in [1.165, 1.54) is 17.5 Å². The van der Waals surface area contributed by atoms with E-state index in [9.17, 15) is 0 Å². The van der Waals surface area contributed by atoms with Crippen molar-refractivity contribution < 1.29 is 4.74 Å². The summed E-state index contributed by atoms with van der Waals surface area (Å²) in [6, 6.07) is 8.54. The van der Waals surface area contributed by atoms with Gasteiger partial charge in [-0.05, 0) is 32.3 Å². The smallest absolute Gasteiger partial charge is 0.0515 e. The van der Waals surface area contributed by atoms with E-state index in [1.54, 1.807) is 0 Å². The van der Waals surface area contributed by atoms with Crippen LogP contribution >= 0.6 is 0 Å². The van der Waals surface area contributed by atoms with Gasteiger partial charge in [0.15, 0.2) is 0 Å². The first-order chi connectivity index (χ1) is 7.60. The standard InChI is InChI=1S/C14H21NO/c1-11-5-7-12(8-6-11)14(2,15)13-4-3-9-16-10-13/h5-8,13H,3-4,9-10,15H2,1-2H3. The van der Waals surface area contributed by atoms with E-state index in [-0.39, 0.29) is 5.54 Å². The van der Waals surface area contributed by atoms with Crippen LogP contribution in [0, 0.1) is 12.8 Å². The molecule has 1 aliphatic heterocycles. The van der Waals surface area contributed by atoms with E-state index in [0.29, 0.717) is 5.92 Å². The Morgan fingerprint density at radius 1 is 1.31 bits per heavy atom. The van der Waals surface area contributed by atoms with Gasteiger partial charge in [0.1, 0.15) is 0 Å². The molecule has 2 unspecified atom stereocenters. The second kappa shape index (κ2) is 4.56. The molecule has 0 bridgehead atoms. The van der Waals surface area contributed by atoms with Crippen molar-refractivity contribution in [1.82, 2.24) is 0 Å². The Morgan fingerprint density at radius 3 is 2.56 bits per heavy atom. The quantitative estimate of drug-likeness (QED) is 0.829. The number of rotatable bonds is 2. The molecule has 0 aliphatic carbocycles. The summed E-state index contributed by atoms with van der Waals surface area (Å²) in [5, 5.41) is 0. The van der Waals surface area contributed by atoms with Crippen LogP contribution in [-0.2, 0) is 10.3 Å². The van der Waals surface area contributed by atoms with Crippen molar-refractivity contribution >= 4 is 0 Å². The van der Waals surface area contributed by atoms with E-state index >= 15 is 0 Å². The molecule has 0 amide bonds. The lowest BCUT2D eigenvalue weighted by molar-refractivity contribution is 0.0243. The fourth-order valence-corrected chi connectivity index (χ4v) is 2.36. The Kier molecular flexibility index (Phi) is 3.31. The van der Waals surface area contributed by atoms with Crippen LogP contribution in [0.15, 0.2) is 24.3 Å². The van der Waals surface area contributed by atoms with Gasteiger partial charge in [0.25, 0.3) is 0 Å². The summed E-state index contributed by atoms with van der Waals surface area (Å²) in [4.78, 5) is 0. The monoisotopic (exact) mass is 219 g/mol. The van der Waals surface area contributed by atoms with Gasteiger partial charge in [-0.2, -0.15) is 0 Å². The molecule has 2 rings (SSSR count). The second-order valence-electron chi connectivity index (χ2n) is 5.06. The van der Waals surface area contributed by atoms with Crippen LogP contribution in [0.2, 0.25) is 0 Å². The van der Waals surface area contributed by atoms with Crippen molar-refractivity contribution in [3.8, 4) is 0 Å². The second-order valence-corrected chi connectivity index (χ2v) is 5.06. The Balaban J connectivity index is 2.19. The lowest BCUT2D eigenvalue weighted by atomic mass is 9.77. The Bertz CT molecular complexity index is 336. The molecule has 0 aromatic heterocycles. The zero-order valence-corrected chi connectivity index (χ0v) is 10.2. The third kappa shape index (κ3) is 2.28. The zero-order chi connectivity index (χ0) is 11.6. The molecule has 1 aromatic rings. The predicted octanol–water partition coefficient (Wildman–Crippen LogP) is 2.60. The van der Waals surface area contributed by atoms with E-state index in [0.717, 1.165) is 19.6 Å². The minimum Gasteiger partial charge on any atom is -0.381 e.